The van der Waals surface area contributed by atoms with Gasteiger partial charge in [-0.15, -0.1) is 0 Å². The van der Waals surface area contributed by atoms with Gasteiger partial charge >= 0.3 is 6.09 Å². The van der Waals surface area contributed by atoms with Gasteiger partial charge in [0.15, 0.2) is 0 Å². The lowest BCUT2D eigenvalue weighted by Crippen LogP contribution is -2.43. The normalized spacial score (nSPS) is 18.2. The molecule has 1 aliphatic rings. The van der Waals surface area contributed by atoms with Crippen LogP contribution in [-0.4, -0.2) is 40.6 Å². The zero-order chi connectivity index (χ0) is 18.6. The van der Waals surface area contributed by atoms with Gasteiger partial charge in [0.2, 0.25) is 6.41 Å². The second kappa shape index (κ2) is 7.85. The molecule has 0 saturated carbocycles. The minimum absolute atomic E-state index is 0.0568. The summed E-state index contributed by atoms with van der Waals surface area (Å²) in [5.41, 5.74) is 0.313. The van der Waals surface area contributed by atoms with Crippen LogP contribution < -0.4 is 4.90 Å². The maximum Gasteiger partial charge on any atom is 0.416 e. The van der Waals surface area contributed by atoms with E-state index in [9.17, 15) is 9.59 Å². The molecule has 25 heavy (non-hydrogen) atoms. The molecule has 1 fully saturated rings. The van der Waals surface area contributed by atoms with Crippen LogP contribution in [0.25, 0.3) is 0 Å². The SMILES string of the molecule is CC(C)N(C(=O)OC(C)(C)C)c1ncccc1[C@H]1CCCCN1C=O. The van der Waals surface area contributed by atoms with Crippen LogP contribution in [0, 0.1) is 0 Å². The van der Waals surface area contributed by atoms with Gasteiger partial charge in [-0.05, 0) is 59.9 Å². The summed E-state index contributed by atoms with van der Waals surface area (Å²) in [6.45, 7) is 10.1. The molecule has 6 nitrogen and oxygen atoms in total. The zero-order valence-electron chi connectivity index (χ0n) is 15.9. The fraction of sp³-hybridized carbons (Fsp3) is 0.632. The van der Waals surface area contributed by atoms with Crippen molar-refractivity contribution in [2.45, 2.75) is 71.6 Å². The monoisotopic (exact) mass is 347 g/mol. The third-order valence-corrected chi connectivity index (χ3v) is 4.19. The first kappa shape index (κ1) is 19.2. The number of likely N-dealkylation sites (tertiary alicyclic amines) is 1. The summed E-state index contributed by atoms with van der Waals surface area (Å²) < 4.78 is 5.57. The first-order valence-corrected chi connectivity index (χ1v) is 8.92. The molecule has 0 spiro atoms. The molecule has 0 aliphatic carbocycles. The number of anilines is 1. The molecule has 138 valence electrons. The average molecular weight is 347 g/mol. The number of nitrogens with zero attached hydrogens (tertiary/aromatic N) is 3. The molecule has 2 rings (SSSR count). The van der Waals surface area contributed by atoms with Gasteiger partial charge < -0.3 is 9.64 Å². The van der Waals surface area contributed by atoms with Crippen molar-refractivity contribution in [3.8, 4) is 0 Å². The largest absolute Gasteiger partial charge is 0.443 e. The van der Waals surface area contributed by atoms with Crippen molar-refractivity contribution in [1.29, 1.82) is 0 Å². The van der Waals surface area contributed by atoms with E-state index < -0.39 is 11.7 Å². The van der Waals surface area contributed by atoms with Crippen molar-refractivity contribution in [2.24, 2.45) is 0 Å². The maximum absolute atomic E-state index is 12.8. The molecule has 0 radical (unpaired) electrons. The number of carbonyl (C=O) groups excluding carboxylic acids is 2. The Morgan fingerprint density at radius 1 is 1.40 bits per heavy atom. The Bertz CT molecular complexity index is 610. The fourth-order valence-electron chi connectivity index (χ4n) is 3.14. The van der Waals surface area contributed by atoms with Crippen molar-refractivity contribution in [3.05, 3.63) is 23.9 Å². The highest BCUT2D eigenvalue weighted by Crippen LogP contribution is 2.35. The van der Waals surface area contributed by atoms with Crippen LogP contribution in [0.15, 0.2) is 18.3 Å². The molecule has 0 aromatic carbocycles. The predicted octanol–water partition coefficient (Wildman–Crippen LogP) is 3.91. The Morgan fingerprint density at radius 3 is 2.72 bits per heavy atom. The molecular weight excluding hydrogens is 318 g/mol. The standard InChI is InChI=1S/C19H29N3O3/c1-14(2)22(18(24)25-19(3,4)5)17-15(9-8-11-20-17)16-10-6-7-12-21(16)13-23/h8-9,11,13-14,16H,6-7,10,12H2,1-5H3/t16-/m1/s1. The van der Waals surface area contributed by atoms with Crippen LogP contribution >= 0.6 is 0 Å². The number of piperidine rings is 1. The summed E-state index contributed by atoms with van der Waals surface area (Å²) in [5, 5.41) is 0. The van der Waals surface area contributed by atoms with Gasteiger partial charge in [0.05, 0.1) is 6.04 Å². The van der Waals surface area contributed by atoms with Crippen LogP contribution in [-0.2, 0) is 9.53 Å². The van der Waals surface area contributed by atoms with Crippen LogP contribution in [0.4, 0.5) is 10.6 Å². The number of carbonyl (C=O) groups is 2. The van der Waals surface area contributed by atoms with E-state index in [1.165, 1.54) is 0 Å². The van der Waals surface area contributed by atoms with Crippen LogP contribution in [0.5, 0.6) is 0 Å². The average Bonchev–Trinajstić information content (AvgIpc) is 2.53. The first-order valence-electron chi connectivity index (χ1n) is 8.92. The third-order valence-electron chi connectivity index (χ3n) is 4.19. The number of hydrogen-bond acceptors (Lipinski definition) is 4. The highest BCUT2D eigenvalue weighted by molar-refractivity contribution is 5.88. The second-order valence-corrected chi connectivity index (χ2v) is 7.72. The Morgan fingerprint density at radius 2 is 2.12 bits per heavy atom. The molecule has 1 saturated heterocycles. The molecular formula is C19H29N3O3. The van der Waals surface area contributed by atoms with Crippen molar-refractivity contribution in [2.75, 3.05) is 11.4 Å². The number of amides is 2. The van der Waals surface area contributed by atoms with Gasteiger partial charge in [-0.1, -0.05) is 6.07 Å². The molecule has 0 N–H and O–H groups in total. The van der Waals surface area contributed by atoms with Crippen LogP contribution in [0.1, 0.15) is 65.5 Å². The number of hydrogen-bond donors (Lipinski definition) is 0. The highest BCUT2D eigenvalue weighted by atomic mass is 16.6. The van der Waals surface area contributed by atoms with Crippen LogP contribution in [0.3, 0.4) is 0 Å². The maximum atomic E-state index is 12.8. The highest BCUT2D eigenvalue weighted by Gasteiger charge is 2.32. The summed E-state index contributed by atoms with van der Waals surface area (Å²) in [6.07, 6.45) is 5.08. The van der Waals surface area contributed by atoms with Gasteiger partial charge in [-0.2, -0.15) is 0 Å². The topological polar surface area (TPSA) is 62.7 Å². The van der Waals surface area contributed by atoms with E-state index >= 15 is 0 Å². The summed E-state index contributed by atoms with van der Waals surface area (Å²) >= 11 is 0. The lowest BCUT2D eigenvalue weighted by atomic mass is 9.95. The first-order chi connectivity index (χ1) is 11.7. The molecule has 1 aromatic heterocycles. The third kappa shape index (κ3) is 4.71. The van der Waals surface area contributed by atoms with E-state index in [4.69, 9.17) is 4.74 Å². The summed E-state index contributed by atoms with van der Waals surface area (Å²) in [4.78, 5) is 32.1. The van der Waals surface area contributed by atoms with Crippen molar-refractivity contribution in [3.63, 3.8) is 0 Å². The van der Waals surface area contributed by atoms with Crippen molar-refractivity contribution in [1.82, 2.24) is 9.88 Å². The van der Waals surface area contributed by atoms with Gasteiger partial charge in [-0.25, -0.2) is 9.78 Å². The molecule has 2 amide bonds. The van der Waals surface area contributed by atoms with E-state index in [-0.39, 0.29) is 12.1 Å². The van der Waals surface area contributed by atoms with Gasteiger partial charge in [0.25, 0.3) is 0 Å². The van der Waals surface area contributed by atoms with Crippen molar-refractivity contribution >= 4 is 18.3 Å². The number of rotatable bonds is 4. The van der Waals surface area contributed by atoms with Crippen LogP contribution in [0.2, 0.25) is 0 Å². The van der Waals surface area contributed by atoms with Gasteiger partial charge in [0, 0.05) is 24.3 Å². The molecule has 0 bridgehead atoms. The van der Waals surface area contributed by atoms with E-state index in [1.54, 1.807) is 16.0 Å². The lowest BCUT2D eigenvalue weighted by molar-refractivity contribution is -0.121. The Hall–Kier alpha value is -2.11. The Kier molecular flexibility index (Phi) is 6.03. The number of pyridine rings is 1. The van der Waals surface area contributed by atoms with E-state index in [0.29, 0.717) is 5.82 Å². The minimum Gasteiger partial charge on any atom is -0.443 e. The lowest BCUT2D eigenvalue weighted by Gasteiger charge is -2.36. The van der Waals surface area contributed by atoms with E-state index in [0.717, 1.165) is 37.8 Å². The van der Waals surface area contributed by atoms with E-state index in [2.05, 4.69) is 4.98 Å². The summed E-state index contributed by atoms with van der Waals surface area (Å²) in [7, 11) is 0. The fourth-order valence-corrected chi connectivity index (χ4v) is 3.14. The number of ether oxygens (including phenoxy) is 1. The zero-order valence-corrected chi connectivity index (χ0v) is 15.9. The van der Waals surface area contributed by atoms with Crippen molar-refractivity contribution < 1.29 is 14.3 Å². The molecule has 0 unspecified atom stereocenters. The summed E-state index contributed by atoms with van der Waals surface area (Å²) in [6, 6.07) is 3.63. The van der Waals surface area contributed by atoms with Gasteiger partial charge in [-0.3, -0.25) is 9.69 Å². The minimum atomic E-state index is -0.584. The Balaban J connectivity index is 2.42. The Labute approximate surface area is 150 Å². The molecule has 1 aromatic rings. The summed E-state index contributed by atoms with van der Waals surface area (Å²) in [5.74, 6) is 0.575. The number of aromatic nitrogens is 1. The van der Waals surface area contributed by atoms with Gasteiger partial charge in [0.1, 0.15) is 11.4 Å². The molecule has 1 atom stereocenters. The quantitative estimate of drug-likeness (QED) is 0.775. The molecule has 2 heterocycles. The second-order valence-electron chi connectivity index (χ2n) is 7.72. The molecule has 6 heteroatoms. The van der Waals surface area contributed by atoms with E-state index in [1.807, 2.05) is 46.8 Å². The smallest absolute Gasteiger partial charge is 0.416 e. The molecule has 1 aliphatic heterocycles. The predicted molar refractivity (Wildman–Crippen MR) is 97.4 cm³/mol.